The van der Waals surface area contributed by atoms with Gasteiger partial charge < -0.3 is 10.2 Å². The Bertz CT molecular complexity index is 683. The van der Waals surface area contributed by atoms with E-state index in [4.69, 9.17) is 10.2 Å². The molecule has 4 nitrogen and oxygen atoms in total. The SMILES string of the molecule is CCCCCCCCCCCCCCCCCC=CC(=O)O.CCCCCCCCCCCCCCCCCCCCCC=CC(=O)O. The monoisotopic (exact) mass is 677 g/mol. The fraction of sp³-hybridized carbons (Fsp3) is 0.864. The minimum absolute atomic E-state index is 0.831. The molecule has 0 aromatic rings. The smallest absolute Gasteiger partial charge is 0.327 e. The van der Waals surface area contributed by atoms with E-state index in [0.29, 0.717) is 0 Å². The van der Waals surface area contributed by atoms with Crippen LogP contribution in [0.4, 0.5) is 0 Å². The van der Waals surface area contributed by atoms with E-state index in [1.54, 1.807) is 12.2 Å². The Balaban J connectivity index is 0. The van der Waals surface area contributed by atoms with Gasteiger partial charge in [0.05, 0.1) is 0 Å². The summed E-state index contributed by atoms with van der Waals surface area (Å²) in [6.07, 6.45) is 54.9. The van der Waals surface area contributed by atoms with Gasteiger partial charge in [0.2, 0.25) is 0 Å². The highest BCUT2D eigenvalue weighted by molar-refractivity contribution is 5.79. The van der Waals surface area contributed by atoms with E-state index in [9.17, 15) is 9.59 Å². The van der Waals surface area contributed by atoms with Crippen molar-refractivity contribution in [1.29, 1.82) is 0 Å². The van der Waals surface area contributed by atoms with E-state index in [2.05, 4.69) is 13.8 Å². The second kappa shape index (κ2) is 45.4. The molecule has 0 aliphatic rings. The number of carboxylic acid groups (broad SMARTS) is 2. The van der Waals surface area contributed by atoms with Gasteiger partial charge in [-0.2, -0.15) is 0 Å². The Morgan fingerprint density at radius 2 is 0.479 bits per heavy atom. The Labute approximate surface area is 300 Å². The highest BCUT2D eigenvalue weighted by atomic mass is 16.4. The van der Waals surface area contributed by atoms with Crippen molar-refractivity contribution in [2.75, 3.05) is 0 Å². The number of carbonyl (C=O) groups is 2. The van der Waals surface area contributed by atoms with Gasteiger partial charge in [0.15, 0.2) is 0 Å². The van der Waals surface area contributed by atoms with Crippen molar-refractivity contribution in [2.45, 2.75) is 245 Å². The van der Waals surface area contributed by atoms with Crippen LogP contribution < -0.4 is 0 Å². The lowest BCUT2D eigenvalue weighted by molar-refractivity contribution is -0.132. The van der Waals surface area contributed by atoms with Crippen molar-refractivity contribution in [3.05, 3.63) is 24.3 Å². The summed E-state index contributed by atoms with van der Waals surface area (Å²) in [5.41, 5.74) is 0. The number of hydrogen-bond acceptors (Lipinski definition) is 2. The van der Waals surface area contributed by atoms with Gasteiger partial charge in [-0.25, -0.2) is 9.59 Å². The van der Waals surface area contributed by atoms with Gasteiger partial charge in [-0.1, -0.05) is 231 Å². The van der Waals surface area contributed by atoms with Crippen LogP contribution in [0.1, 0.15) is 245 Å². The Morgan fingerprint density at radius 3 is 0.646 bits per heavy atom. The van der Waals surface area contributed by atoms with Gasteiger partial charge in [0.25, 0.3) is 0 Å². The first-order valence-electron chi connectivity index (χ1n) is 21.3. The van der Waals surface area contributed by atoms with Crippen molar-refractivity contribution < 1.29 is 19.8 Å². The molecule has 0 aliphatic heterocycles. The van der Waals surface area contributed by atoms with Gasteiger partial charge in [-0.15, -0.1) is 0 Å². The maximum Gasteiger partial charge on any atom is 0.327 e. The van der Waals surface area contributed by atoms with Gasteiger partial charge in [-0.05, 0) is 25.7 Å². The van der Waals surface area contributed by atoms with E-state index in [1.165, 1.54) is 218 Å². The predicted octanol–water partition coefficient (Wildman–Crippen LogP) is 15.3. The van der Waals surface area contributed by atoms with E-state index in [0.717, 1.165) is 25.7 Å². The first-order valence-corrected chi connectivity index (χ1v) is 21.3. The highest BCUT2D eigenvalue weighted by Crippen LogP contribution is 2.16. The molecule has 0 amide bonds. The van der Waals surface area contributed by atoms with Crippen LogP contribution in [0.2, 0.25) is 0 Å². The molecule has 0 radical (unpaired) electrons. The summed E-state index contributed by atoms with van der Waals surface area (Å²) in [4.78, 5) is 20.6. The Hall–Kier alpha value is -1.58. The fourth-order valence-corrected chi connectivity index (χ4v) is 6.34. The molecule has 2 N–H and O–H groups in total. The van der Waals surface area contributed by atoms with Gasteiger partial charge >= 0.3 is 11.9 Å². The van der Waals surface area contributed by atoms with Crippen molar-refractivity contribution in [3.8, 4) is 0 Å². The molecule has 0 spiro atoms. The molecule has 0 aliphatic carbocycles. The van der Waals surface area contributed by atoms with Gasteiger partial charge in [0, 0.05) is 12.2 Å². The van der Waals surface area contributed by atoms with E-state index in [-0.39, 0.29) is 0 Å². The van der Waals surface area contributed by atoms with Crippen molar-refractivity contribution >= 4 is 11.9 Å². The van der Waals surface area contributed by atoms with Gasteiger partial charge in [-0.3, -0.25) is 0 Å². The molecule has 0 fully saturated rings. The number of hydrogen-bond donors (Lipinski definition) is 2. The molecule has 4 heteroatoms. The van der Waals surface area contributed by atoms with Crippen molar-refractivity contribution in [1.82, 2.24) is 0 Å². The molecule has 0 aromatic carbocycles. The number of carboxylic acids is 2. The van der Waals surface area contributed by atoms with Crippen LogP contribution in [0, 0.1) is 0 Å². The summed E-state index contributed by atoms with van der Waals surface area (Å²) in [6.45, 7) is 4.56. The Morgan fingerprint density at radius 1 is 0.312 bits per heavy atom. The summed E-state index contributed by atoms with van der Waals surface area (Å²) in [5, 5.41) is 16.9. The zero-order valence-electron chi connectivity index (χ0n) is 32.5. The first-order chi connectivity index (χ1) is 23.5. The molecule has 0 heterocycles. The van der Waals surface area contributed by atoms with Crippen LogP contribution in [0.3, 0.4) is 0 Å². The molecule has 0 unspecified atom stereocenters. The Kier molecular flexibility index (Phi) is 45.9. The molecule has 0 atom stereocenters. The summed E-state index contributed by atoms with van der Waals surface area (Å²) in [6, 6.07) is 0. The van der Waals surface area contributed by atoms with Crippen LogP contribution in [-0.4, -0.2) is 22.2 Å². The number of unbranched alkanes of at least 4 members (excludes halogenated alkanes) is 34. The normalized spacial score (nSPS) is 11.4. The second-order valence-corrected chi connectivity index (χ2v) is 14.4. The topological polar surface area (TPSA) is 74.6 Å². The molecule has 0 bridgehead atoms. The van der Waals surface area contributed by atoms with Crippen LogP contribution in [0.5, 0.6) is 0 Å². The second-order valence-electron chi connectivity index (χ2n) is 14.4. The van der Waals surface area contributed by atoms with E-state index in [1.807, 2.05) is 0 Å². The van der Waals surface area contributed by atoms with E-state index >= 15 is 0 Å². The summed E-state index contributed by atoms with van der Waals surface area (Å²) in [5.74, 6) is -1.66. The van der Waals surface area contributed by atoms with Crippen molar-refractivity contribution in [3.63, 3.8) is 0 Å². The summed E-state index contributed by atoms with van der Waals surface area (Å²) in [7, 11) is 0. The first kappa shape index (κ1) is 48.5. The molecule has 48 heavy (non-hydrogen) atoms. The van der Waals surface area contributed by atoms with E-state index < -0.39 is 11.9 Å². The average Bonchev–Trinajstić information content (AvgIpc) is 3.07. The lowest BCUT2D eigenvalue weighted by Crippen LogP contribution is -1.86. The molecule has 0 saturated carbocycles. The van der Waals surface area contributed by atoms with Crippen LogP contribution in [0.25, 0.3) is 0 Å². The molecular formula is C44H84O4. The molecule has 0 saturated heterocycles. The van der Waals surface area contributed by atoms with Crippen LogP contribution >= 0.6 is 0 Å². The number of allylic oxidation sites excluding steroid dienone is 2. The largest absolute Gasteiger partial charge is 0.478 e. The number of aliphatic carboxylic acids is 2. The lowest BCUT2D eigenvalue weighted by Gasteiger charge is -2.03. The van der Waals surface area contributed by atoms with Crippen LogP contribution in [0.15, 0.2) is 24.3 Å². The molecule has 0 rings (SSSR count). The standard InChI is InChI=1S/C24H46O2.C20H38O2/c1-2-3-4-5-6-7-8-9-10-11-12-13-14-15-16-17-18-19-20-21-22-23-24(25)26;1-2-3-4-5-6-7-8-9-10-11-12-13-14-15-16-17-18-19-20(21)22/h22-23H,2-21H2,1H3,(H,25,26);18-19H,2-17H2,1H3,(H,21,22). The molecule has 284 valence electrons. The third-order valence-electron chi connectivity index (χ3n) is 9.47. The maximum atomic E-state index is 10.3. The van der Waals surface area contributed by atoms with Gasteiger partial charge in [0.1, 0.15) is 0 Å². The third kappa shape index (κ3) is 51.3. The predicted molar refractivity (Wildman–Crippen MR) is 211 cm³/mol. The lowest BCUT2D eigenvalue weighted by atomic mass is 10.0. The summed E-state index contributed by atoms with van der Waals surface area (Å²) >= 11 is 0. The molecule has 0 aromatic heterocycles. The minimum atomic E-state index is -0.832. The zero-order chi connectivity index (χ0) is 35.4. The van der Waals surface area contributed by atoms with Crippen molar-refractivity contribution in [2.24, 2.45) is 0 Å². The summed E-state index contributed by atoms with van der Waals surface area (Å²) < 4.78 is 0. The minimum Gasteiger partial charge on any atom is -0.478 e. The highest BCUT2D eigenvalue weighted by Gasteiger charge is 1.96. The zero-order valence-corrected chi connectivity index (χ0v) is 32.5. The average molecular weight is 677 g/mol. The van der Waals surface area contributed by atoms with Crippen LogP contribution in [-0.2, 0) is 9.59 Å². The third-order valence-corrected chi connectivity index (χ3v) is 9.47. The molecular weight excluding hydrogens is 592 g/mol. The number of rotatable bonds is 38. The fourth-order valence-electron chi connectivity index (χ4n) is 6.34. The maximum absolute atomic E-state index is 10.3. The quantitative estimate of drug-likeness (QED) is 0.0504.